The van der Waals surface area contributed by atoms with Crippen LogP contribution in [-0.4, -0.2) is 34.2 Å². The van der Waals surface area contributed by atoms with Gasteiger partial charge in [-0.15, -0.1) is 5.10 Å². The summed E-state index contributed by atoms with van der Waals surface area (Å²) in [5.74, 6) is 1.13. The first-order valence-corrected chi connectivity index (χ1v) is 8.16. The van der Waals surface area contributed by atoms with E-state index in [1.807, 2.05) is 4.52 Å². The van der Waals surface area contributed by atoms with E-state index < -0.39 is 0 Å². The van der Waals surface area contributed by atoms with Crippen LogP contribution < -0.4 is 10.2 Å². The molecule has 5 heteroatoms. The highest BCUT2D eigenvalue weighted by molar-refractivity contribution is 5.53. The largest absolute Gasteiger partial charge is 0.355 e. The van der Waals surface area contributed by atoms with E-state index in [1.165, 1.54) is 37.7 Å². The van der Waals surface area contributed by atoms with Crippen LogP contribution in [0, 0.1) is 6.92 Å². The fourth-order valence-corrected chi connectivity index (χ4v) is 3.54. The van der Waals surface area contributed by atoms with Gasteiger partial charge in [0.1, 0.15) is 0 Å². The number of fused-ring (bicyclic) bond motifs is 1. The van der Waals surface area contributed by atoms with Crippen LogP contribution in [-0.2, 0) is 0 Å². The van der Waals surface area contributed by atoms with E-state index in [-0.39, 0.29) is 0 Å². The maximum Gasteiger partial charge on any atom is 0.154 e. The van der Waals surface area contributed by atoms with E-state index in [0.29, 0.717) is 6.04 Å². The molecule has 2 fully saturated rings. The number of hydrogen-bond acceptors (Lipinski definition) is 4. The van der Waals surface area contributed by atoms with Gasteiger partial charge in [-0.1, -0.05) is 6.42 Å². The predicted octanol–water partition coefficient (Wildman–Crippen LogP) is 2.45. The zero-order chi connectivity index (χ0) is 14.2. The molecular weight excluding hydrogens is 262 g/mol. The Morgan fingerprint density at radius 3 is 2.81 bits per heavy atom. The minimum absolute atomic E-state index is 0.399. The molecule has 0 bridgehead atoms. The SMILES string of the molecule is Cc1cc2nc(C3CCCCN3)cn2nc1N1CCCC1. The van der Waals surface area contributed by atoms with Crippen molar-refractivity contribution in [2.75, 3.05) is 24.5 Å². The van der Waals surface area contributed by atoms with Crippen molar-refractivity contribution in [2.24, 2.45) is 0 Å². The Hall–Kier alpha value is -1.62. The number of piperidine rings is 1. The Morgan fingerprint density at radius 1 is 1.19 bits per heavy atom. The highest BCUT2D eigenvalue weighted by Crippen LogP contribution is 2.25. The van der Waals surface area contributed by atoms with Crippen LogP contribution in [0.3, 0.4) is 0 Å². The number of imidazole rings is 1. The minimum atomic E-state index is 0.399. The van der Waals surface area contributed by atoms with Crippen molar-refractivity contribution in [1.82, 2.24) is 19.9 Å². The lowest BCUT2D eigenvalue weighted by atomic mass is 10.0. The highest BCUT2D eigenvalue weighted by atomic mass is 15.3. The number of anilines is 1. The van der Waals surface area contributed by atoms with Crippen LogP contribution in [0.5, 0.6) is 0 Å². The van der Waals surface area contributed by atoms with Gasteiger partial charge in [0.25, 0.3) is 0 Å². The molecule has 2 saturated heterocycles. The van der Waals surface area contributed by atoms with Crippen LogP contribution in [0.1, 0.15) is 49.4 Å². The molecule has 5 nitrogen and oxygen atoms in total. The lowest BCUT2D eigenvalue weighted by molar-refractivity contribution is 0.406. The van der Waals surface area contributed by atoms with Crippen LogP contribution >= 0.6 is 0 Å². The zero-order valence-electron chi connectivity index (χ0n) is 12.7. The van der Waals surface area contributed by atoms with Crippen LogP contribution in [0.2, 0.25) is 0 Å². The van der Waals surface area contributed by atoms with Gasteiger partial charge in [-0.3, -0.25) is 0 Å². The molecule has 0 amide bonds. The number of nitrogens with zero attached hydrogens (tertiary/aromatic N) is 4. The average Bonchev–Trinajstić information content (AvgIpc) is 3.16. The van der Waals surface area contributed by atoms with Gasteiger partial charge in [0.05, 0.1) is 17.9 Å². The molecule has 0 radical (unpaired) electrons. The summed E-state index contributed by atoms with van der Waals surface area (Å²) in [6.45, 7) is 5.51. The lowest BCUT2D eigenvalue weighted by Crippen LogP contribution is -2.26. The quantitative estimate of drug-likeness (QED) is 0.920. The molecule has 2 aliphatic heterocycles. The van der Waals surface area contributed by atoms with Crippen LogP contribution in [0.25, 0.3) is 5.65 Å². The average molecular weight is 285 g/mol. The standard InChI is InChI=1S/C16H23N5/c1-12-10-15-18-14(13-6-2-3-7-17-13)11-21(15)19-16(12)20-8-4-5-9-20/h10-11,13,17H,2-9H2,1H3. The molecule has 2 aromatic rings. The molecule has 2 aromatic heterocycles. The predicted molar refractivity (Wildman–Crippen MR) is 83.8 cm³/mol. The number of rotatable bonds is 2. The monoisotopic (exact) mass is 285 g/mol. The Balaban J connectivity index is 1.70. The van der Waals surface area contributed by atoms with Crippen molar-refractivity contribution in [3.05, 3.63) is 23.5 Å². The molecular formula is C16H23N5. The molecule has 0 spiro atoms. The van der Waals surface area contributed by atoms with E-state index in [2.05, 4.69) is 29.4 Å². The molecule has 0 aromatic carbocycles. The van der Waals surface area contributed by atoms with E-state index in [0.717, 1.165) is 36.8 Å². The van der Waals surface area contributed by atoms with E-state index in [9.17, 15) is 0 Å². The number of nitrogens with one attached hydrogen (secondary N) is 1. The smallest absolute Gasteiger partial charge is 0.154 e. The highest BCUT2D eigenvalue weighted by Gasteiger charge is 2.20. The van der Waals surface area contributed by atoms with Crippen molar-refractivity contribution < 1.29 is 0 Å². The first-order chi connectivity index (χ1) is 10.3. The molecule has 21 heavy (non-hydrogen) atoms. The van der Waals surface area contributed by atoms with E-state index >= 15 is 0 Å². The van der Waals surface area contributed by atoms with Gasteiger partial charge in [0.15, 0.2) is 11.5 Å². The van der Waals surface area contributed by atoms with E-state index in [4.69, 9.17) is 10.1 Å². The third-order valence-corrected chi connectivity index (χ3v) is 4.71. The van der Waals surface area contributed by atoms with E-state index in [1.54, 1.807) is 0 Å². The molecule has 1 N–H and O–H groups in total. The normalized spacial score (nSPS) is 23.1. The molecule has 112 valence electrons. The molecule has 4 heterocycles. The topological polar surface area (TPSA) is 45.5 Å². The second kappa shape index (κ2) is 5.30. The number of aromatic nitrogens is 3. The van der Waals surface area contributed by atoms with Gasteiger partial charge in [-0.05, 0) is 50.8 Å². The summed E-state index contributed by atoms with van der Waals surface area (Å²) in [5.41, 5.74) is 3.34. The van der Waals surface area contributed by atoms with Gasteiger partial charge < -0.3 is 10.2 Å². The maximum atomic E-state index is 4.82. The van der Waals surface area contributed by atoms with Gasteiger partial charge in [-0.25, -0.2) is 9.50 Å². The number of aryl methyl sites for hydroxylation is 1. The van der Waals surface area contributed by atoms with Gasteiger partial charge >= 0.3 is 0 Å². The lowest BCUT2D eigenvalue weighted by Gasteiger charge is -2.21. The van der Waals surface area contributed by atoms with Gasteiger partial charge in [0, 0.05) is 13.1 Å². The summed E-state index contributed by atoms with van der Waals surface area (Å²) >= 11 is 0. The first-order valence-electron chi connectivity index (χ1n) is 8.16. The second-order valence-corrected chi connectivity index (χ2v) is 6.32. The van der Waals surface area contributed by atoms with Crippen LogP contribution in [0.4, 0.5) is 5.82 Å². The molecule has 0 saturated carbocycles. The van der Waals surface area contributed by atoms with Crippen molar-refractivity contribution in [3.8, 4) is 0 Å². The summed E-state index contributed by atoms with van der Waals surface area (Å²) in [5, 5.41) is 8.39. The summed E-state index contributed by atoms with van der Waals surface area (Å²) < 4.78 is 1.96. The van der Waals surface area contributed by atoms with Crippen LogP contribution in [0.15, 0.2) is 12.3 Å². The summed E-state index contributed by atoms with van der Waals surface area (Å²) in [6.07, 6.45) is 8.41. The second-order valence-electron chi connectivity index (χ2n) is 6.32. The van der Waals surface area contributed by atoms with Gasteiger partial charge in [0.2, 0.25) is 0 Å². The van der Waals surface area contributed by atoms with Crippen molar-refractivity contribution in [2.45, 2.75) is 45.1 Å². The molecule has 0 aliphatic carbocycles. The minimum Gasteiger partial charge on any atom is -0.355 e. The summed E-state index contributed by atoms with van der Waals surface area (Å²) in [7, 11) is 0. The summed E-state index contributed by atoms with van der Waals surface area (Å²) in [6, 6.07) is 2.57. The van der Waals surface area contributed by atoms with Gasteiger partial charge in [-0.2, -0.15) is 0 Å². The maximum absolute atomic E-state index is 4.82. The molecule has 2 aliphatic rings. The zero-order valence-corrected chi connectivity index (χ0v) is 12.7. The van der Waals surface area contributed by atoms with Crippen molar-refractivity contribution in [3.63, 3.8) is 0 Å². The number of hydrogen-bond donors (Lipinski definition) is 1. The third-order valence-electron chi connectivity index (χ3n) is 4.71. The molecule has 1 unspecified atom stereocenters. The Bertz CT molecular complexity index is 635. The Kier molecular flexibility index (Phi) is 3.30. The summed E-state index contributed by atoms with van der Waals surface area (Å²) in [4.78, 5) is 7.18. The van der Waals surface area contributed by atoms with Crippen molar-refractivity contribution in [1.29, 1.82) is 0 Å². The first kappa shape index (κ1) is 13.1. The Morgan fingerprint density at radius 2 is 2.05 bits per heavy atom. The fraction of sp³-hybridized carbons (Fsp3) is 0.625. The fourth-order valence-electron chi connectivity index (χ4n) is 3.54. The van der Waals surface area contributed by atoms with Crippen molar-refractivity contribution >= 4 is 11.5 Å². The Labute approximate surface area is 125 Å². The third kappa shape index (κ3) is 2.39. The molecule has 4 rings (SSSR count). The molecule has 1 atom stereocenters.